The van der Waals surface area contributed by atoms with E-state index in [1.807, 2.05) is 84.6 Å². The number of aromatic nitrogens is 1. The van der Waals surface area contributed by atoms with Crippen molar-refractivity contribution < 1.29 is 9.47 Å². The number of pyridine rings is 1. The third-order valence-corrected chi connectivity index (χ3v) is 6.23. The second-order valence-corrected chi connectivity index (χ2v) is 8.79. The van der Waals surface area contributed by atoms with Gasteiger partial charge >= 0.3 is 0 Å². The number of H-pyrrole nitrogens is 1. The van der Waals surface area contributed by atoms with E-state index < -0.39 is 0 Å². The Kier molecular flexibility index (Phi) is 6.18. The van der Waals surface area contributed by atoms with Crippen molar-refractivity contribution in [3.63, 3.8) is 0 Å². The van der Waals surface area contributed by atoms with Crippen LogP contribution in [0.15, 0.2) is 77.6 Å². The fourth-order valence-corrected chi connectivity index (χ4v) is 4.23. The molecule has 4 aromatic rings. The lowest BCUT2D eigenvalue weighted by molar-refractivity contribution is 0.174. The molecule has 34 heavy (non-hydrogen) atoms. The highest BCUT2D eigenvalue weighted by atomic mass is 32.1. The van der Waals surface area contributed by atoms with Gasteiger partial charge in [-0.05, 0) is 65.5 Å². The third-order valence-electron chi connectivity index (χ3n) is 5.82. The standard InChI is InChI=1S/C27H25N3O3S/c1-18-7-9-21-13-22(26(31)29-23(21)11-18)16-30(27(34)28-14-19-5-3-2-4-6-19)15-20-8-10-24-25(12-20)33-17-32-24/h2-13H,14-17H2,1H3,(H,28,34)(H,29,31). The molecule has 0 bridgehead atoms. The molecule has 0 aliphatic carbocycles. The predicted octanol–water partition coefficient (Wildman–Crippen LogP) is 4.64. The van der Waals surface area contributed by atoms with Gasteiger partial charge in [0.25, 0.3) is 5.56 Å². The molecule has 0 unspecified atom stereocenters. The number of hydrogen-bond acceptors (Lipinski definition) is 4. The Morgan fingerprint density at radius 3 is 2.65 bits per heavy atom. The molecule has 0 saturated heterocycles. The summed E-state index contributed by atoms with van der Waals surface area (Å²) in [6, 6.07) is 23.9. The Balaban J connectivity index is 1.41. The average Bonchev–Trinajstić information content (AvgIpc) is 3.31. The molecule has 172 valence electrons. The van der Waals surface area contributed by atoms with Crippen LogP contribution in [0.4, 0.5) is 0 Å². The van der Waals surface area contributed by atoms with Crippen LogP contribution in [0.25, 0.3) is 10.9 Å². The van der Waals surface area contributed by atoms with Crippen LogP contribution >= 0.6 is 12.2 Å². The smallest absolute Gasteiger partial charge is 0.253 e. The molecule has 0 fully saturated rings. The summed E-state index contributed by atoms with van der Waals surface area (Å²) in [6.45, 7) is 3.72. The van der Waals surface area contributed by atoms with Gasteiger partial charge in [0.15, 0.2) is 16.6 Å². The van der Waals surface area contributed by atoms with Crippen molar-refractivity contribution in [3.05, 3.63) is 105 Å². The normalized spacial score (nSPS) is 12.0. The Morgan fingerprint density at radius 1 is 0.971 bits per heavy atom. The minimum atomic E-state index is -0.111. The third kappa shape index (κ3) is 4.89. The van der Waals surface area contributed by atoms with Crippen LogP contribution in [0.1, 0.15) is 22.3 Å². The van der Waals surface area contributed by atoms with Gasteiger partial charge in [-0.15, -0.1) is 0 Å². The van der Waals surface area contributed by atoms with E-state index in [4.69, 9.17) is 21.7 Å². The van der Waals surface area contributed by atoms with E-state index in [2.05, 4.69) is 10.3 Å². The minimum absolute atomic E-state index is 0.111. The van der Waals surface area contributed by atoms with Crippen molar-refractivity contribution in [2.75, 3.05) is 6.79 Å². The van der Waals surface area contributed by atoms with Gasteiger partial charge in [-0.1, -0.05) is 48.5 Å². The number of aromatic amines is 1. The van der Waals surface area contributed by atoms with Crippen molar-refractivity contribution in [2.24, 2.45) is 0 Å². The van der Waals surface area contributed by atoms with Crippen molar-refractivity contribution in [2.45, 2.75) is 26.6 Å². The summed E-state index contributed by atoms with van der Waals surface area (Å²) in [6.07, 6.45) is 0. The summed E-state index contributed by atoms with van der Waals surface area (Å²) in [4.78, 5) is 17.9. The molecular weight excluding hydrogens is 446 g/mol. The Hall–Kier alpha value is -3.84. The first-order valence-corrected chi connectivity index (χ1v) is 11.5. The van der Waals surface area contributed by atoms with Crippen LogP contribution < -0.4 is 20.3 Å². The summed E-state index contributed by atoms with van der Waals surface area (Å²) in [5.74, 6) is 1.46. The van der Waals surface area contributed by atoms with Gasteiger partial charge in [-0.2, -0.15) is 0 Å². The summed E-state index contributed by atoms with van der Waals surface area (Å²) in [7, 11) is 0. The SMILES string of the molecule is Cc1ccc2cc(CN(Cc3ccc4c(c3)OCO4)C(=S)NCc3ccccc3)c(=O)[nH]c2c1. The molecular formula is C27H25N3O3S. The number of thiocarbonyl (C=S) groups is 1. The van der Waals surface area contributed by atoms with Crippen molar-refractivity contribution >= 4 is 28.2 Å². The van der Waals surface area contributed by atoms with E-state index in [0.717, 1.165) is 39.1 Å². The molecule has 1 aliphatic rings. The molecule has 5 rings (SSSR count). The van der Waals surface area contributed by atoms with Gasteiger partial charge in [0.1, 0.15) is 0 Å². The molecule has 7 heteroatoms. The van der Waals surface area contributed by atoms with Gasteiger partial charge < -0.3 is 24.7 Å². The average molecular weight is 472 g/mol. The van der Waals surface area contributed by atoms with Crippen LogP contribution in [0.2, 0.25) is 0 Å². The van der Waals surface area contributed by atoms with E-state index in [1.54, 1.807) is 0 Å². The lowest BCUT2D eigenvalue weighted by atomic mass is 10.1. The fraction of sp³-hybridized carbons (Fsp3) is 0.185. The Bertz CT molecular complexity index is 1400. The van der Waals surface area contributed by atoms with Crippen molar-refractivity contribution in [1.29, 1.82) is 0 Å². The molecule has 2 N–H and O–H groups in total. The van der Waals surface area contributed by atoms with E-state index in [1.165, 1.54) is 0 Å². The summed E-state index contributed by atoms with van der Waals surface area (Å²) in [5.41, 5.74) is 4.63. The molecule has 0 radical (unpaired) electrons. The number of rotatable bonds is 6. The van der Waals surface area contributed by atoms with Crippen LogP contribution in [-0.2, 0) is 19.6 Å². The maximum absolute atomic E-state index is 12.9. The number of nitrogens with one attached hydrogen (secondary N) is 2. The van der Waals surface area contributed by atoms with Crippen LogP contribution in [-0.4, -0.2) is 21.8 Å². The molecule has 0 atom stereocenters. The molecule has 6 nitrogen and oxygen atoms in total. The lowest BCUT2D eigenvalue weighted by Gasteiger charge is -2.26. The highest BCUT2D eigenvalue weighted by Crippen LogP contribution is 2.33. The Morgan fingerprint density at radius 2 is 1.79 bits per heavy atom. The van der Waals surface area contributed by atoms with Gasteiger partial charge in [-0.25, -0.2) is 0 Å². The maximum atomic E-state index is 12.9. The number of fused-ring (bicyclic) bond motifs is 2. The molecule has 0 spiro atoms. The molecule has 0 saturated carbocycles. The number of nitrogens with zero attached hydrogens (tertiary/aromatic N) is 1. The number of hydrogen-bond donors (Lipinski definition) is 2. The van der Waals surface area contributed by atoms with Gasteiger partial charge in [0, 0.05) is 24.2 Å². The van der Waals surface area contributed by atoms with E-state index in [0.29, 0.717) is 30.3 Å². The van der Waals surface area contributed by atoms with Crippen LogP contribution in [0.5, 0.6) is 11.5 Å². The number of aryl methyl sites for hydroxylation is 1. The molecule has 2 heterocycles. The minimum Gasteiger partial charge on any atom is -0.454 e. The first-order chi connectivity index (χ1) is 16.5. The quantitative estimate of drug-likeness (QED) is 0.400. The zero-order valence-corrected chi connectivity index (χ0v) is 19.7. The highest BCUT2D eigenvalue weighted by molar-refractivity contribution is 7.80. The second-order valence-electron chi connectivity index (χ2n) is 8.40. The number of ether oxygens (including phenoxy) is 2. The predicted molar refractivity (Wildman–Crippen MR) is 137 cm³/mol. The van der Waals surface area contributed by atoms with Gasteiger partial charge in [0.05, 0.1) is 6.54 Å². The van der Waals surface area contributed by atoms with E-state index >= 15 is 0 Å². The summed E-state index contributed by atoms with van der Waals surface area (Å²) < 4.78 is 11.0. The Labute approximate surface area is 203 Å². The highest BCUT2D eigenvalue weighted by Gasteiger charge is 2.18. The molecule has 1 aromatic heterocycles. The van der Waals surface area contributed by atoms with E-state index in [9.17, 15) is 4.79 Å². The largest absolute Gasteiger partial charge is 0.454 e. The summed E-state index contributed by atoms with van der Waals surface area (Å²) >= 11 is 5.78. The van der Waals surface area contributed by atoms with Crippen LogP contribution in [0.3, 0.4) is 0 Å². The monoisotopic (exact) mass is 471 g/mol. The zero-order valence-electron chi connectivity index (χ0n) is 18.8. The molecule has 0 amide bonds. The molecule has 1 aliphatic heterocycles. The summed E-state index contributed by atoms with van der Waals surface area (Å²) in [5, 5.41) is 4.91. The zero-order chi connectivity index (χ0) is 23.5. The van der Waals surface area contributed by atoms with Gasteiger partial charge in [0.2, 0.25) is 6.79 Å². The first-order valence-electron chi connectivity index (χ1n) is 11.1. The van der Waals surface area contributed by atoms with Crippen molar-refractivity contribution in [3.8, 4) is 11.5 Å². The fourth-order valence-electron chi connectivity index (χ4n) is 4.03. The van der Waals surface area contributed by atoms with E-state index in [-0.39, 0.29) is 12.4 Å². The number of benzene rings is 3. The molecule has 3 aromatic carbocycles. The van der Waals surface area contributed by atoms with Gasteiger partial charge in [-0.3, -0.25) is 4.79 Å². The van der Waals surface area contributed by atoms with Crippen molar-refractivity contribution in [1.82, 2.24) is 15.2 Å². The lowest BCUT2D eigenvalue weighted by Crippen LogP contribution is -2.39. The topological polar surface area (TPSA) is 66.6 Å². The maximum Gasteiger partial charge on any atom is 0.253 e. The second kappa shape index (κ2) is 9.57. The van der Waals surface area contributed by atoms with Crippen LogP contribution in [0, 0.1) is 6.92 Å². The first kappa shape index (κ1) is 22.0.